The van der Waals surface area contributed by atoms with Crippen molar-refractivity contribution in [2.75, 3.05) is 13.7 Å². The maximum atomic E-state index is 5.65. The molecule has 1 aliphatic carbocycles. The molecule has 86 valence electrons. The average Bonchev–Trinajstić information content (AvgIpc) is 2.55. The van der Waals surface area contributed by atoms with E-state index >= 15 is 0 Å². The Morgan fingerprint density at radius 1 is 1.31 bits per heavy atom. The smallest absolute Gasteiger partial charge is 0.115 e. The van der Waals surface area contributed by atoms with Crippen molar-refractivity contribution in [3.8, 4) is 0 Å². The van der Waals surface area contributed by atoms with Gasteiger partial charge in [0.1, 0.15) is 5.76 Å². The van der Waals surface area contributed by atoms with Crippen LogP contribution >= 0.6 is 8.15 Å². The van der Waals surface area contributed by atoms with Crippen LogP contribution in [0.3, 0.4) is 0 Å². The molecular formula is C13H17O2P. The van der Waals surface area contributed by atoms with Gasteiger partial charge in [-0.2, -0.15) is 0 Å². The van der Waals surface area contributed by atoms with Crippen LogP contribution in [-0.4, -0.2) is 13.7 Å². The molecule has 0 unspecified atom stereocenters. The van der Waals surface area contributed by atoms with E-state index in [4.69, 9.17) is 9.26 Å². The molecule has 0 saturated carbocycles. The van der Waals surface area contributed by atoms with Crippen LogP contribution in [0.4, 0.5) is 0 Å². The summed E-state index contributed by atoms with van der Waals surface area (Å²) in [5, 5.41) is 0. The molecule has 3 heteroatoms. The third-order valence-corrected chi connectivity index (χ3v) is 3.28. The van der Waals surface area contributed by atoms with Crippen LogP contribution in [0, 0.1) is 0 Å². The number of hydrogen-bond donors (Lipinski definition) is 0. The molecule has 0 heterocycles. The monoisotopic (exact) mass is 236 g/mol. The van der Waals surface area contributed by atoms with E-state index in [1.807, 2.05) is 18.2 Å². The second-order valence-corrected chi connectivity index (χ2v) is 4.87. The highest BCUT2D eigenvalue weighted by Gasteiger charge is 2.02. The highest BCUT2D eigenvalue weighted by Crippen LogP contribution is 2.39. The minimum atomic E-state index is -0.700. The van der Waals surface area contributed by atoms with Gasteiger partial charge in [0.2, 0.25) is 0 Å². The summed E-state index contributed by atoms with van der Waals surface area (Å²) in [4.78, 5) is 0. The molecule has 0 spiro atoms. The standard InChI is InChI=1S/C13H17O2P/c1-4-16(5-2)15-11-12-7-6-8-13(14-3)10-9-12/h4-5,7-10H,1-2,6,11H2,3H3. The molecule has 0 amide bonds. The fourth-order valence-corrected chi connectivity index (χ4v) is 1.90. The Kier molecular flexibility index (Phi) is 5.84. The summed E-state index contributed by atoms with van der Waals surface area (Å²) >= 11 is 0. The van der Waals surface area contributed by atoms with Gasteiger partial charge in [0.05, 0.1) is 21.9 Å². The Morgan fingerprint density at radius 3 is 2.69 bits per heavy atom. The molecule has 0 aliphatic heterocycles. The van der Waals surface area contributed by atoms with Crippen molar-refractivity contribution in [2.24, 2.45) is 0 Å². The Labute approximate surface area is 98.5 Å². The first-order valence-corrected chi connectivity index (χ1v) is 6.47. The van der Waals surface area contributed by atoms with E-state index in [0.717, 1.165) is 17.8 Å². The number of rotatable bonds is 6. The van der Waals surface area contributed by atoms with E-state index in [2.05, 4.69) is 19.2 Å². The summed E-state index contributed by atoms with van der Waals surface area (Å²) in [6.45, 7) is 8.00. The lowest BCUT2D eigenvalue weighted by Gasteiger charge is -2.08. The molecule has 0 aromatic rings. The Bertz CT molecular complexity index is 332. The molecule has 0 saturated heterocycles. The van der Waals surface area contributed by atoms with E-state index in [1.165, 1.54) is 0 Å². The molecule has 0 aromatic heterocycles. The first kappa shape index (κ1) is 13.0. The van der Waals surface area contributed by atoms with Gasteiger partial charge in [-0.25, -0.2) is 0 Å². The summed E-state index contributed by atoms with van der Waals surface area (Å²) in [5.41, 5.74) is 1.15. The average molecular weight is 236 g/mol. The molecular weight excluding hydrogens is 219 g/mol. The van der Waals surface area contributed by atoms with Crippen molar-refractivity contribution in [3.05, 3.63) is 60.4 Å². The van der Waals surface area contributed by atoms with Gasteiger partial charge in [0.15, 0.2) is 0 Å². The third kappa shape index (κ3) is 4.18. The molecule has 0 aromatic carbocycles. The van der Waals surface area contributed by atoms with Gasteiger partial charge in [-0.3, -0.25) is 0 Å². The van der Waals surface area contributed by atoms with Gasteiger partial charge in [0.25, 0.3) is 0 Å². The van der Waals surface area contributed by atoms with Crippen LogP contribution in [0.15, 0.2) is 60.4 Å². The summed E-state index contributed by atoms with van der Waals surface area (Å²) in [6.07, 6.45) is 9.00. The first-order valence-electron chi connectivity index (χ1n) is 5.07. The fraction of sp³-hybridized carbons (Fsp3) is 0.231. The quantitative estimate of drug-likeness (QED) is 0.646. The Morgan fingerprint density at radius 2 is 2.06 bits per heavy atom. The van der Waals surface area contributed by atoms with Crippen molar-refractivity contribution in [1.29, 1.82) is 0 Å². The van der Waals surface area contributed by atoms with E-state index in [1.54, 1.807) is 18.7 Å². The van der Waals surface area contributed by atoms with Crippen molar-refractivity contribution < 1.29 is 9.26 Å². The Balaban J connectivity index is 2.48. The Hall–Kier alpha value is -1.11. The predicted octanol–water partition coefficient (Wildman–Crippen LogP) is 4.10. The van der Waals surface area contributed by atoms with Gasteiger partial charge >= 0.3 is 0 Å². The van der Waals surface area contributed by atoms with Crippen molar-refractivity contribution in [2.45, 2.75) is 6.42 Å². The number of methoxy groups -OCH3 is 1. The lowest BCUT2D eigenvalue weighted by molar-refractivity contribution is 0.305. The van der Waals surface area contributed by atoms with Crippen LogP contribution in [0.5, 0.6) is 0 Å². The van der Waals surface area contributed by atoms with Crippen LogP contribution in [-0.2, 0) is 9.26 Å². The van der Waals surface area contributed by atoms with Crippen LogP contribution < -0.4 is 0 Å². The highest BCUT2D eigenvalue weighted by molar-refractivity contribution is 7.59. The molecule has 16 heavy (non-hydrogen) atoms. The molecule has 0 radical (unpaired) electrons. The zero-order valence-electron chi connectivity index (χ0n) is 9.56. The van der Waals surface area contributed by atoms with Gasteiger partial charge in [-0.1, -0.05) is 25.3 Å². The highest BCUT2D eigenvalue weighted by atomic mass is 31.1. The molecule has 0 fully saturated rings. The maximum absolute atomic E-state index is 5.65. The van der Waals surface area contributed by atoms with Gasteiger partial charge in [-0.05, 0) is 35.8 Å². The van der Waals surface area contributed by atoms with E-state index in [-0.39, 0.29) is 0 Å². The number of ether oxygens (including phenoxy) is 1. The predicted molar refractivity (Wildman–Crippen MR) is 70.2 cm³/mol. The molecule has 1 aliphatic rings. The van der Waals surface area contributed by atoms with Crippen LogP contribution in [0.25, 0.3) is 0 Å². The zero-order chi connectivity index (χ0) is 11.8. The molecule has 0 bridgehead atoms. The van der Waals surface area contributed by atoms with Gasteiger partial charge in [0, 0.05) is 0 Å². The minimum Gasteiger partial charge on any atom is -0.497 e. The first-order chi connectivity index (χ1) is 7.80. The second-order valence-electron chi connectivity index (χ2n) is 3.16. The van der Waals surface area contributed by atoms with Gasteiger partial charge in [-0.15, -0.1) is 0 Å². The molecule has 0 atom stereocenters. The number of hydrogen-bond acceptors (Lipinski definition) is 2. The normalized spacial score (nSPS) is 15.1. The third-order valence-electron chi connectivity index (χ3n) is 2.14. The zero-order valence-corrected chi connectivity index (χ0v) is 10.5. The van der Waals surface area contributed by atoms with Gasteiger partial charge < -0.3 is 9.26 Å². The molecule has 2 nitrogen and oxygen atoms in total. The lowest BCUT2D eigenvalue weighted by Crippen LogP contribution is -1.90. The molecule has 0 N–H and O–H groups in total. The van der Waals surface area contributed by atoms with Crippen molar-refractivity contribution >= 4 is 8.15 Å². The summed E-state index contributed by atoms with van der Waals surface area (Å²) < 4.78 is 10.8. The van der Waals surface area contributed by atoms with Crippen LogP contribution in [0.1, 0.15) is 6.42 Å². The van der Waals surface area contributed by atoms with Crippen LogP contribution in [0.2, 0.25) is 0 Å². The van der Waals surface area contributed by atoms with Crippen molar-refractivity contribution in [3.63, 3.8) is 0 Å². The topological polar surface area (TPSA) is 18.5 Å². The molecule has 1 rings (SSSR count). The maximum Gasteiger partial charge on any atom is 0.115 e. The SMILES string of the molecule is C=CP(C=C)OCC1=CCC=C(OC)C=C1. The minimum absolute atomic E-state index is 0.588. The van der Waals surface area contributed by atoms with E-state index < -0.39 is 8.15 Å². The van der Waals surface area contributed by atoms with E-state index in [0.29, 0.717) is 6.61 Å². The fourth-order valence-electron chi connectivity index (χ4n) is 1.24. The summed E-state index contributed by atoms with van der Waals surface area (Å²) in [5.74, 6) is 4.48. The van der Waals surface area contributed by atoms with Crippen molar-refractivity contribution in [1.82, 2.24) is 0 Å². The largest absolute Gasteiger partial charge is 0.497 e. The second kappa shape index (κ2) is 7.21. The lowest BCUT2D eigenvalue weighted by atomic mass is 10.2. The summed E-state index contributed by atoms with van der Waals surface area (Å²) in [6, 6.07) is 0. The summed E-state index contributed by atoms with van der Waals surface area (Å²) in [7, 11) is 0.973. The van der Waals surface area contributed by atoms with E-state index in [9.17, 15) is 0 Å². The number of allylic oxidation sites excluding steroid dienone is 3.